The molecule has 1 heterocycles. The number of aryl methyl sites for hydroxylation is 1. The van der Waals surface area contributed by atoms with Crippen LogP contribution in [0.3, 0.4) is 0 Å². The van der Waals surface area contributed by atoms with E-state index in [4.69, 9.17) is 14.7 Å². The van der Waals surface area contributed by atoms with Crippen LogP contribution in [0.5, 0.6) is 5.75 Å². The number of fused-ring (bicyclic) bond motifs is 1. The third-order valence-electron chi connectivity index (χ3n) is 4.29. The lowest BCUT2D eigenvalue weighted by Crippen LogP contribution is -2.13. The second-order valence-electron chi connectivity index (χ2n) is 6.23. The molecule has 4 rings (SSSR count). The van der Waals surface area contributed by atoms with E-state index in [2.05, 4.69) is 10.9 Å². The van der Waals surface area contributed by atoms with Crippen molar-refractivity contribution in [1.29, 1.82) is 0 Å². The molecule has 1 aromatic heterocycles. The molecule has 3 aromatic carbocycles. The minimum absolute atomic E-state index is 0.658. The molecule has 0 radical (unpaired) electrons. The van der Waals surface area contributed by atoms with Gasteiger partial charge in [0.15, 0.2) is 5.82 Å². The van der Waals surface area contributed by atoms with Crippen LogP contribution in [0, 0.1) is 6.92 Å². The molecule has 0 atom stereocenters. The average molecular weight is 356 g/mol. The molecular weight excluding hydrogens is 336 g/mol. The zero-order valence-electron chi connectivity index (χ0n) is 15.2. The Morgan fingerprint density at radius 2 is 1.56 bits per heavy atom. The molecule has 5 nitrogen and oxygen atoms in total. The van der Waals surface area contributed by atoms with Crippen LogP contribution in [0.4, 0.5) is 11.5 Å². The number of nitrogens with zero attached hydrogens (tertiary/aromatic N) is 2. The van der Waals surface area contributed by atoms with Gasteiger partial charge in [0.05, 0.1) is 23.8 Å². The van der Waals surface area contributed by atoms with E-state index < -0.39 is 0 Å². The second kappa shape index (κ2) is 7.33. The summed E-state index contributed by atoms with van der Waals surface area (Å²) in [7, 11) is 1.65. The molecule has 0 saturated carbocycles. The number of ether oxygens (including phenoxy) is 1. The van der Waals surface area contributed by atoms with E-state index in [9.17, 15) is 0 Å². The number of hydrogen-bond donors (Lipinski definition) is 2. The van der Waals surface area contributed by atoms with E-state index in [1.165, 1.54) is 0 Å². The van der Waals surface area contributed by atoms with E-state index in [1.54, 1.807) is 7.11 Å². The quantitative estimate of drug-likeness (QED) is 0.490. The smallest absolute Gasteiger partial charge is 0.171 e. The Labute approximate surface area is 158 Å². The molecule has 2 N–H and O–H groups in total. The summed E-state index contributed by atoms with van der Waals surface area (Å²) in [6, 6.07) is 23.8. The zero-order valence-corrected chi connectivity index (χ0v) is 15.2. The highest BCUT2D eigenvalue weighted by atomic mass is 16.5. The minimum atomic E-state index is 0.658. The number of hydrogen-bond acceptors (Lipinski definition) is 5. The molecule has 0 aliphatic rings. The standard InChI is InChI=1S/C22H20N4O/c1-15-12-13-17-19(14-15)24-22(21(23-17)16-8-4-3-5-9-16)26-25-18-10-6-7-11-20(18)27-2/h3-14,25H,1-2H3,(H,24,26). The molecule has 5 heteroatoms. The van der Waals surface area contributed by atoms with Crippen LogP contribution >= 0.6 is 0 Å². The van der Waals surface area contributed by atoms with Gasteiger partial charge in [-0.2, -0.15) is 0 Å². The summed E-state index contributed by atoms with van der Waals surface area (Å²) in [6.07, 6.45) is 0. The Kier molecular flexibility index (Phi) is 4.58. The van der Waals surface area contributed by atoms with E-state index in [0.29, 0.717) is 5.82 Å². The molecule has 27 heavy (non-hydrogen) atoms. The lowest BCUT2D eigenvalue weighted by molar-refractivity contribution is 0.416. The van der Waals surface area contributed by atoms with Gasteiger partial charge in [-0.25, -0.2) is 9.97 Å². The molecule has 0 amide bonds. The number of para-hydroxylation sites is 2. The predicted octanol–water partition coefficient (Wildman–Crippen LogP) is 5.05. The minimum Gasteiger partial charge on any atom is -0.495 e. The average Bonchev–Trinajstić information content (AvgIpc) is 2.72. The van der Waals surface area contributed by atoms with E-state index >= 15 is 0 Å². The van der Waals surface area contributed by atoms with E-state index in [0.717, 1.165) is 39.3 Å². The first-order valence-corrected chi connectivity index (χ1v) is 8.73. The summed E-state index contributed by atoms with van der Waals surface area (Å²) in [5.74, 6) is 1.40. The van der Waals surface area contributed by atoms with Crippen molar-refractivity contribution in [2.75, 3.05) is 18.0 Å². The zero-order chi connectivity index (χ0) is 18.6. The number of anilines is 2. The third kappa shape index (κ3) is 3.53. The maximum Gasteiger partial charge on any atom is 0.171 e. The highest BCUT2D eigenvalue weighted by Gasteiger charge is 2.12. The van der Waals surface area contributed by atoms with Crippen molar-refractivity contribution in [3.05, 3.63) is 78.4 Å². The number of aromatic nitrogens is 2. The number of methoxy groups -OCH3 is 1. The van der Waals surface area contributed by atoms with Crippen molar-refractivity contribution in [2.24, 2.45) is 0 Å². The molecule has 134 valence electrons. The first-order valence-electron chi connectivity index (χ1n) is 8.73. The molecule has 0 aliphatic heterocycles. The normalized spacial score (nSPS) is 10.6. The van der Waals surface area contributed by atoms with E-state index in [-0.39, 0.29) is 0 Å². The van der Waals surface area contributed by atoms with Crippen LogP contribution in [0.1, 0.15) is 5.56 Å². The summed E-state index contributed by atoms with van der Waals surface area (Å²) in [6.45, 7) is 2.05. The fraction of sp³-hybridized carbons (Fsp3) is 0.0909. The van der Waals surface area contributed by atoms with Crippen molar-refractivity contribution < 1.29 is 4.74 Å². The number of hydrazine groups is 1. The van der Waals surface area contributed by atoms with Gasteiger partial charge in [-0.15, -0.1) is 0 Å². The lowest BCUT2D eigenvalue weighted by atomic mass is 10.1. The summed E-state index contributed by atoms with van der Waals surface area (Å²) < 4.78 is 5.40. The topological polar surface area (TPSA) is 59.1 Å². The second-order valence-corrected chi connectivity index (χ2v) is 6.23. The molecule has 0 aliphatic carbocycles. The van der Waals surface area contributed by atoms with Gasteiger partial charge in [-0.3, -0.25) is 10.9 Å². The van der Waals surface area contributed by atoms with Gasteiger partial charge < -0.3 is 4.74 Å². The molecule has 0 saturated heterocycles. The number of rotatable bonds is 5. The first-order chi connectivity index (χ1) is 13.2. The Morgan fingerprint density at radius 1 is 0.778 bits per heavy atom. The molecule has 0 unspecified atom stereocenters. The van der Waals surface area contributed by atoms with Crippen molar-refractivity contribution in [3.63, 3.8) is 0 Å². The SMILES string of the molecule is COc1ccccc1NNc1nc2cc(C)ccc2nc1-c1ccccc1. The summed E-state index contributed by atoms with van der Waals surface area (Å²) in [5.41, 5.74) is 11.9. The maximum absolute atomic E-state index is 5.40. The van der Waals surface area contributed by atoms with Crippen LogP contribution in [0.15, 0.2) is 72.8 Å². The summed E-state index contributed by atoms with van der Waals surface area (Å²) in [5, 5.41) is 0. The summed E-state index contributed by atoms with van der Waals surface area (Å²) in [4.78, 5) is 9.65. The Bertz CT molecular complexity index is 1080. The van der Waals surface area contributed by atoms with E-state index in [1.807, 2.05) is 79.7 Å². The van der Waals surface area contributed by atoms with Crippen molar-refractivity contribution in [3.8, 4) is 17.0 Å². The van der Waals surface area contributed by atoms with Crippen molar-refractivity contribution in [2.45, 2.75) is 6.92 Å². The predicted molar refractivity (Wildman–Crippen MR) is 110 cm³/mol. The van der Waals surface area contributed by atoms with Gasteiger partial charge in [-0.1, -0.05) is 48.5 Å². The summed E-state index contributed by atoms with van der Waals surface area (Å²) >= 11 is 0. The Morgan fingerprint density at radius 3 is 2.37 bits per heavy atom. The van der Waals surface area contributed by atoms with Crippen LogP contribution in [-0.2, 0) is 0 Å². The largest absolute Gasteiger partial charge is 0.495 e. The number of nitrogens with one attached hydrogen (secondary N) is 2. The molecule has 0 fully saturated rings. The molecule has 0 bridgehead atoms. The van der Waals surface area contributed by atoms with Crippen LogP contribution in [-0.4, -0.2) is 17.1 Å². The van der Waals surface area contributed by atoms with Gasteiger partial charge >= 0.3 is 0 Å². The van der Waals surface area contributed by atoms with Crippen LogP contribution in [0.25, 0.3) is 22.3 Å². The third-order valence-corrected chi connectivity index (χ3v) is 4.29. The lowest BCUT2D eigenvalue weighted by Gasteiger charge is -2.15. The van der Waals surface area contributed by atoms with Crippen molar-refractivity contribution >= 4 is 22.5 Å². The molecule has 0 spiro atoms. The molecular formula is C22H20N4O. The van der Waals surface area contributed by atoms with Gasteiger partial charge in [0.25, 0.3) is 0 Å². The fourth-order valence-electron chi connectivity index (χ4n) is 2.92. The highest BCUT2D eigenvalue weighted by Crippen LogP contribution is 2.29. The Balaban J connectivity index is 1.77. The van der Waals surface area contributed by atoms with Gasteiger partial charge in [0, 0.05) is 5.56 Å². The van der Waals surface area contributed by atoms with Crippen LogP contribution in [0.2, 0.25) is 0 Å². The maximum atomic E-state index is 5.40. The monoisotopic (exact) mass is 356 g/mol. The van der Waals surface area contributed by atoms with Gasteiger partial charge in [0.2, 0.25) is 0 Å². The molecule has 4 aromatic rings. The highest BCUT2D eigenvalue weighted by molar-refractivity contribution is 5.84. The van der Waals surface area contributed by atoms with Gasteiger partial charge in [0.1, 0.15) is 11.4 Å². The van der Waals surface area contributed by atoms with Crippen LogP contribution < -0.4 is 15.6 Å². The fourth-order valence-corrected chi connectivity index (χ4v) is 2.92. The Hall–Kier alpha value is -3.60. The van der Waals surface area contributed by atoms with Crippen molar-refractivity contribution in [1.82, 2.24) is 9.97 Å². The van der Waals surface area contributed by atoms with Gasteiger partial charge in [-0.05, 0) is 36.8 Å². The number of benzene rings is 3. The first kappa shape index (κ1) is 16.8.